The SMILES string of the molecule is CCOP(=O)([O-])C(=O)SC. The summed E-state index contributed by atoms with van der Waals surface area (Å²) in [6.45, 7) is 1.52. The minimum atomic E-state index is -4.21. The molecule has 0 bridgehead atoms. The van der Waals surface area contributed by atoms with Crippen molar-refractivity contribution in [2.24, 2.45) is 0 Å². The lowest BCUT2D eigenvalue weighted by atomic mass is 10.9. The summed E-state index contributed by atoms with van der Waals surface area (Å²) >= 11 is 0.632. The van der Waals surface area contributed by atoms with E-state index in [0.29, 0.717) is 11.8 Å². The van der Waals surface area contributed by atoms with E-state index in [2.05, 4.69) is 4.52 Å². The molecule has 1 unspecified atom stereocenters. The number of rotatable bonds is 3. The van der Waals surface area contributed by atoms with Crippen molar-refractivity contribution in [1.82, 2.24) is 0 Å². The molecule has 0 aromatic heterocycles. The molecule has 0 aliphatic heterocycles. The molecule has 10 heavy (non-hydrogen) atoms. The van der Waals surface area contributed by atoms with Gasteiger partial charge in [-0.15, -0.1) is 0 Å². The molecule has 0 saturated heterocycles. The third kappa shape index (κ3) is 2.84. The molecule has 6 heteroatoms. The Morgan fingerprint density at radius 1 is 1.80 bits per heavy atom. The second-order valence-corrected chi connectivity index (χ2v) is 4.13. The van der Waals surface area contributed by atoms with E-state index in [4.69, 9.17) is 0 Å². The third-order valence-electron chi connectivity index (χ3n) is 0.697. The maximum absolute atomic E-state index is 10.6. The molecule has 0 spiro atoms. The fourth-order valence-electron chi connectivity index (χ4n) is 0.334. The third-order valence-corrected chi connectivity index (χ3v) is 3.31. The van der Waals surface area contributed by atoms with Crippen LogP contribution in [-0.2, 0) is 9.09 Å². The summed E-state index contributed by atoms with van der Waals surface area (Å²) in [5, 5.41) is 0. The largest absolute Gasteiger partial charge is 0.772 e. The van der Waals surface area contributed by atoms with Crippen molar-refractivity contribution in [3.8, 4) is 0 Å². The molecule has 0 heterocycles. The predicted molar refractivity (Wildman–Crippen MR) is 38.1 cm³/mol. The summed E-state index contributed by atoms with van der Waals surface area (Å²) in [6.07, 6.45) is 1.39. The molecule has 4 nitrogen and oxygen atoms in total. The van der Waals surface area contributed by atoms with Crippen LogP contribution in [0.5, 0.6) is 0 Å². The van der Waals surface area contributed by atoms with Crippen LogP contribution in [0, 0.1) is 0 Å². The fourth-order valence-corrected chi connectivity index (χ4v) is 1.83. The summed E-state index contributed by atoms with van der Waals surface area (Å²) in [5.74, 6) is 0. The molecule has 1 atom stereocenters. The topological polar surface area (TPSA) is 66.4 Å². The highest BCUT2D eigenvalue weighted by molar-refractivity contribution is 8.24. The molecule has 0 fully saturated rings. The summed E-state index contributed by atoms with van der Waals surface area (Å²) in [6, 6.07) is 0. The van der Waals surface area contributed by atoms with Gasteiger partial charge in [-0.05, 0) is 13.2 Å². The smallest absolute Gasteiger partial charge is 0.259 e. The molecule has 0 N–H and O–H groups in total. The van der Waals surface area contributed by atoms with Crippen LogP contribution < -0.4 is 4.89 Å². The Morgan fingerprint density at radius 2 is 2.30 bits per heavy atom. The maximum Gasteiger partial charge on any atom is 0.259 e. The van der Waals surface area contributed by atoms with Crippen LogP contribution in [0.25, 0.3) is 0 Å². The lowest BCUT2D eigenvalue weighted by Crippen LogP contribution is -2.09. The standard InChI is InChI=1S/C4H9O4PS/c1-3-8-9(6,7)4(5)10-2/h3H2,1-2H3,(H,6,7)/p-1. The van der Waals surface area contributed by atoms with Crippen LogP contribution in [0.15, 0.2) is 0 Å². The van der Waals surface area contributed by atoms with Crippen LogP contribution in [0.2, 0.25) is 0 Å². The Labute approximate surface area is 63.5 Å². The van der Waals surface area contributed by atoms with E-state index in [1.165, 1.54) is 13.2 Å². The minimum Gasteiger partial charge on any atom is -0.772 e. The van der Waals surface area contributed by atoms with Gasteiger partial charge in [-0.1, -0.05) is 11.8 Å². The van der Waals surface area contributed by atoms with Gasteiger partial charge in [-0.3, -0.25) is 9.36 Å². The van der Waals surface area contributed by atoms with E-state index in [1.807, 2.05) is 0 Å². The van der Waals surface area contributed by atoms with Gasteiger partial charge in [0.25, 0.3) is 4.86 Å². The van der Waals surface area contributed by atoms with Crippen molar-refractivity contribution in [3.05, 3.63) is 0 Å². The fraction of sp³-hybridized carbons (Fsp3) is 0.750. The average molecular weight is 183 g/mol. The Hall–Kier alpha value is 0.170. The quantitative estimate of drug-likeness (QED) is 0.612. The van der Waals surface area contributed by atoms with Gasteiger partial charge in [-0.25, -0.2) is 0 Å². The van der Waals surface area contributed by atoms with E-state index in [9.17, 15) is 14.3 Å². The molecule has 0 saturated carbocycles. The van der Waals surface area contributed by atoms with E-state index < -0.39 is 12.5 Å². The zero-order valence-electron chi connectivity index (χ0n) is 5.70. The second-order valence-electron chi connectivity index (χ2n) is 1.39. The number of thioether (sulfide) groups is 1. The zero-order chi connectivity index (χ0) is 8.20. The Kier molecular flexibility index (Phi) is 4.20. The van der Waals surface area contributed by atoms with Gasteiger partial charge >= 0.3 is 0 Å². The van der Waals surface area contributed by atoms with Crippen molar-refractivity contribution in [3.63, 3.8) is 0 Å². The van der Waals surface area contributed by atoms with Crippen molar-refractivity contribution in [1.29, 1.82) is 0 Å². The number of hydrogen-bond acceptors (Lipinski definition) is 5. The molecule has 0 amide bonds. The highest BCUT2D eigenvalue weighted by Gasteiger charge is 2.17. The summed E-state index contributed by atoms with van der Waals surface area (Å²) in [4.78, 5) is 20.2. The van der Waals surface area contributed by atoms with Gasteiger partial charge in [0.15, 0.2) is 0 Å². The number of carbonyl (C=O) groups is 1. The van der Waals surface area contributed by atoms with E-state index in [1.54, 1.807) is 0 Å². The first-order chi connectivity index (χ1) is 4.54. The van der Waals surface area contributed by atoms with E-state index in [-0.39, 0.29) is 6.61 Å². The lowest BCUT2D eigenvalue weighted by Gasteiger charge is -2.18. The molecule has 0 aliphatic carbocycles. The first-order valence-corrected chi connectivity index (χ1v) is 5.35. The van der Waals surface area contributed by atoms with Crippen molar-refractivity contribution in [2.75, 3.05) is 12.9 Å². The monoisotopic (exact) mass is 183 g/mol. The van der Waals surface area contributed by atoms with E-state index in [0.717, 1.165) is 0 Å². The molecule has 0 aromatic carbocycles. The molecular formula is C4H8O4PS-. The highest BCUT2D eigenvalue weighted by atomic mass is 32.2. The number of carbonyl (C=O) groups excluding carboxylic acids is 1. The normalized spacial score (nSPS) is 16.3. The average Bonchev–Trinajstić information content (AvgIpc) is 1.86. The van der Waals surface area contributed by atoms with Gasteiger partial charge in [0, 0.05) is 0 Å². The predicted octanol–water partition coefficient (Wildman–Crippen LogP) is 1.06. The molecule has 60 valence electrons. The summed E-state index contributed by atoms with van der Waals surface area (Å²) < 4.78 is 14.8. The van der Waals surface area contributed by atoms with Crippen molar-refractivity contribution < 1.29 is 18.8 Å². The molecule has 0 radical (unpaired) electrons. The van der Waals surface area contributed by atoms with Gasteiger partial charge in [0.1, 0.15) is 0 Å². The van der Waals surface area contributed by atoms with Crippen molar-refractivity contribution in [2.45, 2.75) is 6.92 Å². The molecular weight excluding hydrogens is 175 g/mol. The van der Waals surface area contributed by atoms with Gasteiger partial charge in [-0.2, -0.15) is 0 Å². The Morgan fingerprint density at radius 3 is 2.60 bits per heavy atom. The summed E-state index contributed by atoms with van der Waals surface area (Å²) in [5.41, 5.74) is 0. The van der Waals surface area contributed by atoms with Crippen LogP contribution >= 0.6 is 19.4 Å². The molecule has 0 rings (SSSR count). The highest BCUT2D eigenvalue weighted by Crippen LogP contribution is 2.42. The first-order valence-electron chi connectivity index (χ1n) is 2.58. The Balaban J connectivity index is 4.11. The van der Waals surface area contributed by atoms with Gasteiger partial charge < -0.3 is 9.42 Å². The van der Waals surface area contributed by atoms with Crippen LogP contribution in [0.1, 0.15) is 6.92 Å². The second kappa shape index (κ2) is 4.13. The van der Waals surface area contributed by atoms with Crippen LogP contribution in [0.3, 0.4) is 0 Å². The summed E-state index contributed by atoms with van der Waals surface area (Å²) in [7, 11) is -4.21. The van der Waals surface area contributed by atoms with E-state index >= 15 is 0 Å². The lowest BCUT2D eigenvalue weighted by molar-refractivity contribution is -0.192. The zero-order valence-corrected chi connectivity index (χ0v) is 7.41. The van der Waals surface area contributed by atoms with Crippen molar-refractivity contribution >= 4 is 24.2 Å². The van der Waals surface area contributed by atoms with Crippen LogP contribution in [-0.4, -0.2) is 17.7 Å². The van der Waals surface area contributed by atoms with Gasteiger partial charge in [0.05, 0.1) is 6.61 Å². The minimum absolute atomic E-state index is 0.00702. The van der Waals surface area contributed by atoms with Gasteiger partial charge in [0.2, 0.25) is 7.60 Å². The maximum atomic E-state index is 10.6. The Bertz CT molecular complexity index is 169. The molecule has 0 aromatic rings. The first kappa shape index (κ1) is 10.2. The number of hydrogen-bond donors (Lipinski definition) is 0. The van der Waals surface area contributed by atoms with Crippen LogP contribution in [0.4, 0.5) is 4.79 Å². The molecule has 0 aliphatic rings.